The van der Waals surface area contributed by atoms with Gasteiger partial charge in [-0.15, -0.1) is 0 Å². The van der Waals surface area contributed by atoms with E-state index in [2.05, 4.69) is 6.07 Å². The van der Waals surface area contributed by atoms with Crippen molar-refractivity contribution in [1.29, 1.82) is 0 Å². The number of para-hydroxylation sites is 1. The molecular formula is C21H14O4. The standard InChI is InChI=1S/C21H14O4/c1-23-13-6-7-20-17(9-13)16-10-15-12(8-18(16)21(22)25-20)11-24-19-5-3-2-4-14(15)19/h2-10H,11H2,1H3. The van der Waals surface area contributed by atoms with Crippen LogP contribution in [-0.2, 0) is 6.61 Å². The first-order valence-electron chi connectivity index (χ1n) is 8.04. The number of benzene rings is 3. The highest BCUT2D eigenvalue weighted by Crippen LogP contribution is 2.40. The third kappa shape index (κ3) is 2.04. The molecule has 0 N–H and O–H groups in total. The summed E-state index contributed by atoms with van der Waals surface area (Å²) in [6.07, 6.45) is 0. The van der Waals surface area contributed by atoms with Crippen molar-refractivity contribution in [2.75, 3.05) is 7.11 Å². The van der Waals surface area contributed by atoms with E-state index >= 15 is 0 Å². The molecule has 0 aliphatic carbocycles. The summed E-state index contributed by atoms with van der Waals surface area (Å²) in [6, 6.07) is 17.3. The van der Waals surface area contributed by atoms with E-state index < -0.39 is 0 Å². The Morgan fingerprint density at radius 1 is 0.920 bits per heavy atom. The number of ether oxygens (including phenoxy) is 2. The Hall–Kier alpha value is -3.27. The molecule has 0 unspecified atom stereocenters. The Kier molecular flexibility index (Phi) is 2.88. The van der Waals surface area contributed by atoms with E-state index in [1.54, 1.807) is 19.2 Å². The highest BCUT2D eigenvalue weighted by atomic mass is 16.5. The van der Waals surface area contributed by atoms with Gasteiger partial charge in [-0.25, -0.2) is 4.79 Å². The molecule has 0 atom stereocenters. The lowest BCUT2D eigenvalue weighted by atomic mass is 9.93. The zero-order valence-electron chi connectivity index (χ0n) is 13.5. The summed E-state index contributed by atoms with van der Waals surface area (Å²) >= 11 is 0. The number of fused-ring (bicyclic) bond motifs is 6. The van der Waals surface area contributed by atoms with E-state index in [1.165, 1.54) is 0 Å². The van der Waals surface area contributed by atoms with Crippen molar-refractivity contribution in [2.45, 2.75) is 6.61 Å². The molecule has 4 heteroatoms. The van der Waals surface area contributed by atoms with Gasteiger partial charge >= 0.3 is 5.63 Å². The summed E-state index contributed by atoms with van der Waals surface area (Å²) in [5.41, 5.74) is 3.33. The predicted molar refractivity (Wildman–Crippen MR) is 96.3 cm³/mol. The first-order chi connectivity index (χ1) is 12.2. The SMILES string of the molecule is COc1ccc2oc(=O)c3cc4c(cc3c2c1)-c1ccccc1OC4. The first-order valence-corrected chi connectivity index (χ1v) is 8.04. The van der Waals surface area contributed by atoms with Gasteiger partial charge in [0.05, 0.1) is 12.5 Å². The van der Waals surface area contributed by atoms with Crippen LogP contribution in [0.25, 0.3) is 32.9 Å². The maximum atomic E-state index is 12.4. The Morgan fingerprint density at radius 3 is 2.68 bits per heavy atom. The molecule has 3 aromatic carbocycles. The molecule has 0 bridgehead atoms. The lowest BCUT2D eigenvalue weighted by Gasteiger charge is -2.21. The van der Waals surface area contributed by atoms with Gasteiger partial charge in [-0.3, -0.25) is 0 Å². The van der Waals surface area contributed by atoms with Crippen molar-refractivity contribution < 1.29 is 13.9 Å². The van der Waals surface area contributed by atoms with Gasteiger partial charge < -0.3 is 13.9 Å². The summed E-state index contributed by atoms with van der Waals surface area (Å²) in [5.74, 6) is 1.59. The second-order valence-corrected chi connectivity index (χ2v) is 6.09. The fraction of sp³-hybridized carbons (Fsp3) is 0.0952. The molecule has 5 rings (SSSR count). The van der Waals surface area contributed by atoms with Gasteiger partial charge in [0.25, 0.3) is 0 Å². The van der Waals surface area contributed by atoms with Crippen molar-refractivity contribution in [3.05, 3.63) is 70.6 Å². The molecule has 0 saturated carbocycles. The molecule has 0 radical (unpaired) electrons. The van der Waals surface area contributed by atoms with Crippen molar-refractivity contribution in [2.24, 2.45) is 0 Å². The molecule has 0 spiro atoms. The Morgan fingerprint density at radius 2 is 1.80 bits per heavy atom. The van der Waals surface area contributed by atoms with E-state index in [9.17, 15) is 4.79 Å². The van der Waals surface area contributed by atoms with Gasteiger partial charge in [0.1, 0.15) is 23.7 Å². The summed E-state index contributed by atoms with van der Waals surface area (Å²) in [6.45, 7) is 0.442. The van der Waals surface area contributed by atoms with Crippen LogP contribution in [0.4, 0.5) is 0 Å². The van der Waals surface area contributed by atoms with Crippen LogP contribution in [0.2, 0.25) is 0 Å². The van der Waals surface area contributed by atoms with Crippen LogP contribution in [0.15, 0.2) is 63.8 Å². The van der Waals surface area contributed by atoms with Gasteiger partial charge in [-0.1, -0.05) is 18.2 Å². The van der Waals surface area contributed by atoms with E-state index in [4.69, 9.17) is 13.9 Å². The molecule has 122 valence electrons. The van der Waals surface area contributed by atoms with Gasteiger partial charge in [-0.05, 0) is 47.5 Å². The summed E-state index contributed by atoms with van der Waals surface area (Å²) in [7, 11) is 1.62. The lowest BCUT2D eigenvalue weighted by Crippen LogP contribution is -2.08. The molecule has 4 nitrogen and oxygen atoms in total. The molecule has 2 heterocycles. The number of hydrogen-bond donors (Lipinski definition) is 0. The van der Waals surface area contributed by atoms with Crippen LogP contribution in [0, 0.1) is 0 Å². The maximum absolute atomic E-state index is 12.4. The molecule has 0 fully saturated rings. The summed E-state index contributed by atoms with van der Waals surface area (Å²) in [4.78, 5) is 12.4. The van der Waals surface area contributed by atoms with Crippen LogP contribution in [0.5, 0.6) is 11.5 Å². The molecule has 25 heavy (non-hydrogen) atoms. The maximum Gasteiger partial charge on any atom is 0.344 e. The molecule has 4 aromatic rings. The first kappa shape index (κ1) is 14.1. The minimum atomic E-state index is -0.339. The highest BCUT2D eigenvalue weighted by molar-refractivity contribution is 6.07. The van der Waals surface area contributed by atoms with E-state index in [1.807, 2.05) is 36.4 Å². The summed E-state index contributed by atoms with van der Waals surface area (Å²) in [5, 5.41) is 2.28. The second kappa shape index (κ2) is 5.11. The van der Waals surface area contributed by atoms with Crippen LogP contribution in [0.3, 0.4) is 0 Å². The quantitative estimate of drug-likeness (QED) is 0.380. The predicted octanol–water partition coefficient (Wildman–Crippen LogP) is 4.51. The summed E-state index contributed by atoms with van der Waals surface area (Å²) < 4.78 is 16.6. The minimum Gasteiger partial charge on any atom is -0.497 e. The molecule has 1 aliphatic rings. The zero-order valence-corrected chi connectivity index (χ0v) is 13.5. The van der Waals surface area contributed by atoms with Gasteiger partial charge in [0, 0.05) is 16.3 Å². The molecule has 1 aliphatic heterocycles. The molecule has 1 aromatic heterocycles. The van der Waals surface area contributed by atoms with Crippen molar-refractivity contribution >= 4 is 21.7 Å². The van der Waals surface area contributed by atoms with Gasteiger partial charge in [0.2, 0.25) is 0 Å². The van der Waals surface area contributed by atoms with Gasteiger partial charge in [0.15, 0.2) is 0 Å². The lowest BCUT2D eigenvalue weighted by molar-refractivity contribution is 0.302. The van der Waals surface area contributed by atoms with Crippen LogP contribution in [0.1, 0.15) is 5.56 Å². The molecule has 0 amide bonds. The van der Waals surface area contributed by atoms with Crippen LogP contribution >= 0.6 is 0 Å². The third-order valence-corrected chi connectivity index (χ3v) is 4.70. The van der Waals surface area contributed by atoms with Crippen LogP contribution in [-0.4, -0.2) is 7.11 Å². The average molecular weight is 330 g/mol. The third-order valence-electron chi connectivity index (χ3n) is 4.70. The molecular weight excluding hydrogens is 316 g/mol. The zero-order chi connectivity index (χ0) is 17.0. The minimum absolute atomic E-state index is 0.339. The average Bonchev–Trinajstić information content (AvgIpc) is 2.66. The second-order valence-electron chi connectivity index (χ2n) is 6.09. The van der Waals surface area contributed by atoms with E-state index in [-0.39, 0.29) is 5.63 Å². The highest BCUT2D eigenvalue weighted by Gasteiger charge is 2.19. The normalized spacial score (nSPS) is 12.5. The monoisotopic (exact) mass is 330 g/mol. The van der Waals surface area contributed by atoms with Crippen LogP contribution < -0.4 is 15.1 Å². The van der Waals surface area contributed by atoms with Gasteiger partial charge in [-0.2, -0.15) is 0 Å². The fourth-order valence-corrected chi connectivity index (χ4v) is 3.47. The Labute approximate surface area is 143 Å². The van der Waals surface area contributed by atoms with Crippen molar-refractivity contribution in [3.63, 3.8) is 0 Å². The van der Waals surface area contributed by atoms with E-state index in [0.29, 0.717) is 17.6 Å². The number of hydrogen-bond acceptors (Lipinski definition) is 4. The van der Waals surface area contributed by atoms with Crippen molar-refractivity contribution in [3.8, 4) is 22.6 Å². The Balaban J connectivity index is 1.92. The molecule has 0 saturated heterocycles. The largest absolute Gasteiger partial charge is 0.497 e. The number of methoxy groups -OCH3 is 1. The van der Waals surface area contributed by atoms with Crippen molar-refractivity contribution in [1.82, 2.24) is 0 Å². The smallest absolute Gasteiger partial charge is 0.344 e. The number of rotatable bonds is 1. The topological polar surface area (TPSA) is 48.7 Å². The Bertz CT molecular complexity index is 1200. The fourth-order valence-electron chi connectivity index (χ4n) is 3.47. The van der Waals surface area contributed by atoms with E-state index in [0.717, 1.165) is 39.0 Å².